The molecule has 0 amide bonds. The second kappa shape index (κ2) is 6.55. The van der Waals surface area contributed by atoms with E-state index in [9.17, 15) is 5.11 Å². The lowest BCUT2D eigenvalue weighted by Gasteiger charge is -2.16. The maximum Gasteiger partial charge on any atom is 0.120 e. The van der Waals surface area contributed by atoms with Crippen LogP contribution in [0.4, 0.5) is 0 Å². The lowest BCUT2D eigenvalue weighted by Crippen LogP contribution is -2.34. The number of hydrogen-bond acceptors (Lipinski definition) is 4. The third kappa shape index (κ3) is 3.84. The predicted octanol–water partition coefficient (Wildman–Crippen LogP) is 0.217. The fourth-order valence-electron chi connectivity index (χ4n) is 1.91. The Balaban J connectivity index is 2.47. The molecule has 0 bridgehead atoms. The van der Waals surface area contributed by atoms with E-state index in [4.69, 9.17) is 5.26 Å². The summed E-state index contributed by atoms with van der Waals surface area (Å²) in [5.74, 6) is 0. The highest BCUT2D eigenvalue weighted by molar-refractivity contribution is 5.33. The molecule has 18 heavy (non-hydrogen) atoms. The van der Waals surface area contributed by atoms with Crippen LogP contribution in [0.2, 0.25) is 0 Å². The minimum absolute atomic E-state index is 0.376. The normalized spacial score (nSPS) is 12.7. The number of aliphatic hydroxyl groups excluding tert-OH is 1. The Labute approximate surface area is 109 Å². The lowest BCUT2D eigenvalue weighted by atomic mass is 10.2. The van der Waals surface area contributed by atoms with Crippen molar-refractivity contribution in [2.45, 2.75) is 19.6 Å². The van der Waals surface area contributed by atoms with Gasteiger partial charge in [-0.2, -0.15) is 5.26 Å². The molecule has 0 saturated carbocycles. The zero-order valence-electron chi connectivity index (χ0n) is 11.6. The van der Waals surface area contributed by atoms with Crippen LogP contribution in [-0.2, 0) is 13.6 Å². The summed E-state index contributed by atoms with van der Waals surface area (Å²) in [6, 6.07) is 4.05. The summed E-state index contributed by atoms with van der Waals surface area (Å²) >= 11 is 0. The van der Waals surface area contributed by atoms with Gasteiger partial charge in [0.1, 0.15) is 11.8 Å². The van der Waals surface area contributed by atoms with E-state index in [0.717, 1.165) is 11.3 Å². The Kier molecular flexibility index (Phi) is 5.35. The smallest absolute Gasteiger partial charge is 0.120 e. The summed E-state index contributed by atoms with van der Waals surface area (Å²) in [7, 11) is 5.76. The summed E-state index contributed by atoms with van der Waals surface area (Å²) < 4.78 is 1.88. The molecular formula is C13H22N4O. The Morgan fingerprint density at radius 3 is 2.72 bits per heavy atom. The molecular weight excluding hydrogens is 228 g/mol. The molecule has 1 rings (SSSR count). The average Bonchev–Trinajstić information content (AvgIpc) is 2.56. The molecule has 5 heteroatoms. The number of nitrogens with one attached hydrogen (secondary N) is 1. The maximum absolute atomic E-state index is 9.71. The van der Waals surface area contributed by atoms with Crippen molar-refractivity contribution in [1.82, 2.24) is 14.8 Å². The molecule has 0 spiro atoms. The fraction of sp³-hybridized carbons (Fsp3) is 0.615. The van der Waals surface area contributed by atoms with Gasteiger partial charge in [0.2, 0.25) is 0 Å². The van der Waals surface area contributed by atoms with Gasteiger partial charge in [0.05, 0.1) is 6.10 Å². The van der Waals surface area contributed by atoms with Gasteiger partial charge in [0.15, 0.2) is 0 Å². The second-order valence-electron chi connectivity index (χ2n) is 4.86. The van der Waals surface area contributed by atoms with Crippen LogP contribution in [0.25, 0.3) is 0 Å². The van der Waals surface area contributed by atoms with Gasteiger partial charge >= 0.3 is 0 Å². The summed E-state index contributed by atoms with van der Waals surface area (Å²) in [5.41, 5.74) is 2.85. The number of aromatic nitrogens is 1. The van der Waals surface area contributed by atoms with Crippen molar-refractivity contribution in [3.05, 3.63) is 23.0 Å². The van der Waals surface area contributed by atoms with Gasteiger partial charge < -0.3 is 19.9 Å². The van der Waals surface area contributed by atoms with Crippen LogP contribution >= 0.6 is 0 Å². The molecule has 2 N–H and O–H groups in total. The molecule has 0 aliphatic rings. The highest BCUT2D eigenvalue weighted by Crippen LogP contribution is 2.12. The molecule has 0 saturated heterocycles. The number of rotatable bonds is 6. The Morgan fingerprint density at radius 1 is 1.56 bits per heavy atom. The van der Waals surface area contributed by atoms with Crippen LogP contribution < -0.4 is 5.32 Å². The number of nitriles is 1. The van der Waals surface area contributed by atoms with Crippen molar-refractivity contribution < 1.29 is 5.11 Å². The monoisotopic (exact) mass is 250 g/mol. The molecule has 1 atom stereocenters. The molecule has 1 heterocycles. The standard InChI is InChI=1S/C13H22N4O/c1-10-11(5-12(6-14)17(10)4)7-15-8-13(18)9-16(2)3/h5,13,15,18H,7-9H2,1-4H3. The van der Waals surface area contributed by atoms with Crippen LogP contribution in [0.1, 0.15) is 17.0 Å². The van der Waals surface area contributed by atoms with E-state index in [1.807, 2.05) is 43.6 Å². The van der Waals surface area contributed by atoms with Crippen molar-refractivity contribution in [2.24, 2.45) is 7.05 Å². The van der Waals surface area contributed by atoms with Crippen molar-refractivity contribution in [1.29, 1.82) is 5.26 Å². The van der Waals surface area contributed by atoms with E-state index in [1.54, 1.807) is 0 Å². The van der Waals surface area contributed by atoms with Gasteiger partial charge in [-0.15, -0.1) is 0 Å². The Hall–Kier alpha value is -1.35. The molecule has 0 fully saturated rings. The van der Waals surface area contributed by atoms with Crippen molar-refractivity contribution in [2.75, 3.05) is 27.2 Å². The Bertz CT molecular complexity index is 431. The van der Waals surface area contributed by atoms with Gasteiger partial charge in [0.25, 0.3) is 0 Å². The van der Waals surface area contributed by atoms with Crippen LogP contribution in [0, 0.1) is 18.3 Å². The SMILES string of the molecule is Cc1c(CNCC(O)CN(C)C)cc(C#N)n1C. The molecule has 0 aliphatic carbocycles. The number of aliphatic hydroxyl groups is 1. The molecule has 100 valence electrons. The fourth-order valence-corrected chi connectivity index (χ4v) is 1.91. The van der Waals surface area contributed by atoms with E-state index in [0.29, 0.717) is 25.3 Å². The quantitative estimate of drug-likeness (QED) is 0.758. The first-order chi connectivity index (χ1) is 8.45. The molecule has 5 nitrogen and oxygen atoms in total. The zero-order chi connectivity index (χ0) is 13.7. The Morgan fingerprint density at radius 2 is 2.22 bits per heavy atom. The lowest BCUT2D eigenvalue weighted by molar-refractivity contribution is 0.134. The first-order valence-corrected chi connectivity index (χ1v) is 6.04. The molecule has 0 aliphatic heterocycles. The van der Waals surface area contributed by atoms with E-state index in [2.05, 4.69) is 11.4 Å². The summed E-state index contributed by atoms with van der Waals surface area (Å²) in [6.07, 6.45) is -0.376. The van der Waals surface area contributed by atoms with Crippen LogP contribution in [0.5, 0.6) is 0 Å². The maximum atomic E-state index is 9.71. The third-order valence-corrected chi connectivity index (χ3v) is 3.03. The van der Waals surface area contributed by atoms with E-state index >= 15 is 0 Å². The van der Waals surface area contributed by atoms with E-state index in [1.165, 1.54) is 0 Å². The predicted molar refractivity (Wildman–Crippen MR) is 71.1 cm³/mol. The van der Waals surface area contributed by atoms with E-state index in [-0.39, 0.29) is 6.10 Å². The molecule has 1 aromatic rings. The van der Waals surface area contributed by atoms with Crippen LogP contribution in [-0.4, -0.2) is 47.9 Å². The second-order valence-corrected chi connectivity index (χ2v) is 4.86. The third-order valence-electron chi connectivity index (χ3n) is 3.03. The number of likely N-dealkylation sites (N-methyl/N-ethyl adjacent to an activating group) is 1. The van der Waals surface area contributed by atoms with Crippen LogP contribution in [0.3, 0.4) is 0 Å². The van der Waals surface area contributed by atoms with Crippen molar-refractivity contribution >= 4 is 0 Å². The van der Waals surface area contributed by atoms with E-state index < -0.39 is 0 Å². The number of nitrogens with zero attached hydrogens (tertiary/aromatic N) is 3. The van der Waals surface area contributed by atoms with Gasteiger partial charge in [-0.1, -0.05) is 0 Å². The summed E-state index contributed by atoms with van der Waals surface area (Å²) in [4.78, 5) is 1.95. The summed E-state index contributed by atoms with van der Waals surface area (Å²) in [5, 5.41) is 21.9. The molecule has 1 aromatic heterocycles. The highest BCUT2D eigenvalue weighted by atomic mass is 16.3. The van der Waals surface area contributed by atoms with Crippen molar-refractivity contribution in [3.8, 4) is 6.07 Å². The van der Waals surface area contributed by atoms with Gasteiger partial charge in [-0.25, -0.2) is 0 Å². The van der Waals surface area contributed by atoms with Crippen molar-refractivity contribution in [3.63, 3.8) is 0 Å². The number of hydrogen-bond donors (Lipinski definition) is 2. The van der Waals surface area contributed by atoms with Gasteiger partial charge in [-0.05, 0) is 32.6 Å². The molecule has 0 radical (unpaired) electrons. The molecule has 0 aromatic carbocycles. The first-order valence-electron chi connectivity index (χ1n) is 6.04. The minimum atomic E-state index is -0.376. The zero-order valence-corrected chi connectivity index (χ0v) is 11.6. The first kappa shape index (κ1) is 14.7. The van der Waals surface area contributed by atoms with Crippen LogP contribution in [0.15, 0.2) is 6.07 Å². The largest absolute Gasteiger partial charge is 0.390 e. The van der Waals surface area contributed by atoms with Gasteiger partial charge in [0, 0.05) is 32.4 Å². The minimum Gasteiger partial charge on any atom is -0.390 e. The topological polar surface area (TPSA) is 64.2 Å². The average molecular weight is 250 g/mol. The molecule has 1 unspecified atom stereocenters. The highest BCUT2D eigenvalue weighted by Gasteiger charge is 2.09. The van der Waals surface area contributed by atoms with Gasteiger partial charge in [-0.3, -0.25) is 0 Å². The summed E-state index contributed by atoms with van der Waals surface area (Å²) in [6.45, 7) is 3.86.